The number of hydrogen-bond donors (Lipinski definition) is 7. The van der Waals surface area contributed by atoms with Crippen LogP contribution in [0.3, 0.4) is 0 Å². The van der Waals surface area contributed by atoms with Gasteiger partial charge in [-0.25, -0.2) is 28.9 Å². The van der Waals surface area contributed by atoms with Gasteiger partial charge in [0.15, 0.2) is 23.8 Å². The molecule has 5 unspecified atom stereocenters. The molecule has 2 aliphatic heterocycles. The first-order chi connectivity index (χ1) is 26.9. The number of aliphatic hydroxyl groups is 1. The Balaban J connectivity index is 1.34. The first kappa shape index (κ1) is 44.7. The van der Waals surface area contributed by atoms with Gasteiger partial charge in [-0.05, 0) is 18.0 Å². The van der Waals surface area contributed by atoms with Crippen molar-refractivity contribution in [3.05, 3.63) is 45.8 Å². The third kappa shape index (κ3) is 11.8. The van der Waals surface area contributed by atoms with Crippen molar-refractivity contribution >= 4 is 66.0 Å². The fourth-order valence-electron chi connectivity index (χ4n) is 5.66. The summed E-state index contributed by atoms with van der Waals surface area (Å²) < 4.78 is 59.6. The molecule has 26 nitrogen and oxygen atoms in total. The number of azide groups is 1. The smallest absolute Gasteiger partial charge is 0.455 e. The minimum Gasteiger partial charge on any atom is -0.455 e. The lowest BCUT2D eigenvalue weighted by Crippen LogP contribution is -2.44. The summed E-state index contributed by atoms with van der Waals surface area (Å²) in [5.74, 6) is -1.08. The maximum atomic E-state index is 13.4. The van der Waals surface area contributed by atoms with E-state index in [1.54, 1.807) is 0 Å². The molecular formula is C27H40N12O14P2S2. The highest BCUT2D eigenvalue weighted by molar-refractivity contribution is 8.77. The molecule has 3 aromatic heterocycles. The second kappa shape index (κ2) is 19.1. The molecule has 10 atom stereocenters. The summed E-state index contributed by atoms with van der Waals surface area (Å²) in [6, 6.07) is -0.00194. The number of aromatic nitrogens is 6. The van der Waals surface area contributed by atoms with Crippen molar-refractivity contribution in [2.45, 2.75) is 86.2 Å². The van der Waals surface area contributed by atoms with E-state index in [0.29, 0.717) is 0 Å². The second-order valence-electron chi connectivity index (χ2n) is 12.8. The molecule has 0 saturated carbocycles. The minimum atomic E-state index is -5.18. The van der Waals surface area contributed by atoms with Crippen molar-refractivity contribution in [1.29, 1.82) is 0 Å². The van der Waals surface area contributed by atoms with Gasteiger partial charge in [-0.1, -0.05) is 40.5 Å². The average molecular weight is 883 g/mol. The van der Waals surface area contributed by atoms with Crippen molar-refractivity contribution in [1.82, 2.24) is 29.1 Å². The molecule has 3 aromatic rings. The van der Waals surface area contributed by atoms with Crippen molar-refractivity contribution < 1.29 is 61.5 Å². The molecule has 0 spiro atoms. The Morgan fingerprint density at radius 1 is 1.12 bits per heavy atom. The molecule has 57 heavy (non-hydrogen) atoms. The number of carbonyl (C=O) groups is 1. The summed E-state index contributed by atoms with van der Waals surface area (Å²) >= 11 is 0. The first-order valence-electron chi connectivity index (χ1n) is 16.8. The van der Waals surface area contributed by atoms with Crippen molar-refractivity contribution in [2.24, 2.45) is 10.8 Å². The van der Waals surface area contributed by atoms with Crippen LogP contribution in [0.2, 0.25) is 0 Å². The van der Waals surface area contributed by atoms with E-state index in [-0.39, 0.29) is 47.4 Å². The zero-order valence-electron chi connectivity index (χ0n) is 30.0. The topological polar surface area (TPSA) is 393 Å². The third-order valence-electron chi connectivity index (χ3n) is 8.19. The fraction of sp³-hybridized carbons (Fsp3) is 0.630. The molecule has 2 aliphatic rings. The van der Waals surface area contributed by atoms with Crippen LogP contribution in [0.25, 0.3) is 21.6 Å². The average Bonchev–Trinajstić information content (AvgIpc) is 3.82. The zero-order chi connectivity index (χ0) is 41.7. The Labute approximate surface area is 330 Å². The van der Waals surface area contributed by atoms with E-state index < -0.39 is 94.8 Å². The van der Waals surface area contributed by atoms with Crippen LogP contribution in [0.15, 0.2) is 34.8 Å². The highest BCUT2D eigenvalue weighted by Gasteiger charge is 2.50. The van der Waals surface area contributed by atoms with E-state index in [2.05, 4.69) is 34.5 Å². The molecular weight excluding hydrogens is 842 g/mol. The van der Waals surface area contributed by atoms with Crippen molar-refractivity contribution in [2.75, 3.05) is 31.2 Å². The van der Waals surface area contributed by atoms with Gasteiger partial charge >= 0.3 is 27.3 Å². The van der Waals surface area contributed by atoms with Gasteiger partial charge in [0, 0.05) is 34.6 Å². The number of phosphoric ester groups is 2. The van der Waals surface area contributed by atoms with E-state index in [1.807, 2.05) is 13.8 Å². The molecule has 30 heteroatoms. The molecule has 2 fully saturated rings. The lowest BCUT2D eigenvalue weighted by atomic mass is 10.1. The van der Waals surface area contributed by atoms with E-state index in [1.165, 1.54) is 44.7 Å². The van der Waals surface area contributed by atoms with Gasteiger partial charge in [-0.3, -0.25) is 27.5 Å². The number of imidazole rings is 1. The predicted molar refractivity (Wildman–Crippen MR) is 200 cm³/mol. The van der Waals surface area contributed by atoms with Gasteiger partial charge in [-0.2, -0.15) is 4.98 Å². The van der Waals surface area contributed by atoms with Crippen molar-refractivity contribution in [3.8, 4) is 0 Å². The van der Waals surface area contributed by atoms with E-state index in [0.717, 1.165) is 10.9 Å². The van der Waals surface area contributed by atoms with E-state index >= 15 is 0 Å². The van der Waals surface area contributed by atoms with Crippen LogP contribution in [0, 0.1) is 0 Å². The van der Waals surface area contributed by atoms with Gasteiger partial charge in [0.25, 0.3) is 0 Å². The molecule has 314 valence electrons. The van der Waals surface area contributed by atoms with Gasteiger partial charge in [0.05, 0.1) is 19.5 Å². The summed E-state index contributed by atoms with van der Waals surface area (Å²) in [5.41, 5.74) is 25.9. The Hall–Kier alpha value is -3.43. The number of phosphoric acid groups is 2. The molecule has 5 heterocycles. The van der Waals surface area contributed by atoms with E-state index in [9.17, 15) is 38.5 Å². The number of nitrogens with zero attached hydrogens (tertiary/aromatic N) is 9. The van der Waals surface area contributed by atoms with E-state index in [4.69, 9.17) is 46.0 Å². The monoisotopic (exact) mass is 882 g/mol. The summed E-state index contributed by atoms with van der Waals surface area (Å²) in [6.07, 6.45) is -6.95. The Kier molecular flexibility index (Phi) is 15.0. The first-order valence-corrected chi connectivity index (χ1v) is 22.1. The van der Waals surface area contributed by atoms with Gasteiger partial charge in [0.1, 0.15) is 54.3 Å². The summed E-state index contributed by atoms with van der Waals surface area (Å²) in [5, 5.41) is 14.9. The summed E-state index contributed by atoms with van der Waals surface area (Å²) in [7, 11) is -7.38. The lowest BCUT2D eigenvalue weighted by molar-refractivity contribution is -0.158. The number of aliphatic hydroxyl groups excluding tert-OH is 1. The molecule has 0 bridgehead atoms. The van der Waals surface area contributed by atoms with Crippen LogP contribution in [0.4, 0.5) is 11.6 Å². The Morgan fingerprint density at radius 2 is 1.86 bits per heavy atom. The van der Waals surface area contributed by atoms with Gasteiger partial charge in [-0.15, -0.1) is 0 Å². The highest BCUT2D eigenvalue weighted by atomic mass is 33.1. The number of rotatable bonds is 19. The minimum absolute atomic E-state index is 0.00838. The van der Waals surface area contributed by atoms with Gasteiger partial charge in [0.2, 0.25) is 0 Å². The number of fused-ring (bicyclic) bond motifs is 1. The maximum Gasteiger partial charge on any atom is 0.472 e. The van der Waals surface area contributed by atoms with Crippen LogP contribution in [0.1, 0.15) is 39.1 Å². The largest absolute Gasteiger partial charge is 0.472 e. The van der Waals surface area contributed by atoms with Crippen LogP contribution in [-0.2, 0) is 41.7 Å². The normalized spacial score (nSPS) is 25.9. The van der Waals surface area contributed by atoms with Crippen LogP contribution in [0.5, 0.6) is 0 Å². The number of nitrogen functional groups attached to an aromatic ring is 2. The molecule has 5 rings (SSSR count). The number of hydrogen-bond acceptors (Lipinski definition) is 21. The molecule has 2 saturated heterocycles. The quantitative estimate of drug-likeness (QED) is 0.0215. The molecule has 0 aliphatic carbocycles. The maximum absolute atomic E-state index is 13.4. The molecule has 10 N–H and O–H groups in total. The molecule has 0 amide bonds. The van der Waals surface area contributed by atoms with Crippen LogP contribution >= 0.6 is 37.2 Å². The number of carbonyl (C=O) groups excluding carboxylic acids is 1. The Morgan fingerprint density at radius 3 is 2.54 bits per heavy atom. The van der Waals surface area contributed by atoms with Gasteiger partial charge < -0.3 is 51.2 Å². The van der Waals surface area contributed by atoms with Crippen molar-refractivity contribution in [3.63, 3.8) is 0 Å². The fourth-order valence-corrected chi connectivity index (χ4v) is 9.32. The number of anilines is 2. The predicted octanol–water partition coefficient (Wildman–Crippen LogP) is 0.503. The molecule has 0 aromatic carbocycles. The standard InChI is InChI=1S/C27H40N12O14P2S2/c1-12(2)56-57-13(7-35-37-31)5-14(28)26(41)52-22-17(51-25(21(22)40)39-11-34-20-23(30)32-10-33-24(20)39)9-49-55(46,47)53-15-6-19(38-4-3-18(29)36-27(38)42)50-16(15)8-48-54(43,44)45/h3-4,10-17,19,21-22,25,40H,5-9,28H2,1-2H3,(H,46,47)(H2,29,36,42)(H2,30,32,33)(H2,43,44,45)/t13-,14-,15+,16-,17?,19-,21?,22?,25?/m1/s1. The number of ether oxygens (including phenoxy) is 3. The van der Waals surface area contributed by atoms with Crippen LogP contribution in [-0.4, -0.2) is 122 Å². The lowest BCUT2D eigenvalue weighted by Gasteiger charge is -2.25. The zero-order valence-corrected chi connectivity index (χ0v) is 33.4. The highest BCUT2D eigenvalue weighted by Crippen LogP contribution is 2.50. The number of esters is 1. The molecule has 0 radical (unpaired) electrons. The van der Waals surface area contributed by atoms with Crippen LogP contribution < -0.4 is 22.9 Å². The summed E-state index contributed by atoms with van der Waals surface area (Å²) in [4.78, 5) is 73.8. The number of nitrogens with two attached hydrogens (primary N) is 3. The Bertz CT molecular complexity index is 2090. The summed E-state index contributed by atoms with van der Waals surface area (Å²) in [6.45, 7) is 2.23. The third-order valence-corrected chi connectivity index (χ3v) is 13.1. The second-order valence-corrected chi connectivity index (χ2v) is 18.6. The SMILES string of the molecule is CC(C)SS[C@@H](CN=[N+]=[N-])C[C@@H](N)C(=O)OC1C(COP(=O)(O)O[C@H]2C[C@H](n3ccc(N)nc3=O)O[C@@H]2COP(=O)(O)O)OC(n2cnc3c(N)ncnc32)C1O.